The summed E-state index contributed by atoms with van der Waals surface area (Å²) in [4.78, 5) is 16.7. The zero-order valence-electron chi connectivity index (χ0n) is 24.7. The number of nitrogens with zero attached hydrogens (tertiary/aromatic N) is 3. The summed E-state index contributed by atoms with van der Waals surface area (Å²) >= 11 is 0. The molecule has 1 saturated heterocycles. The van der Waals surface area contributed by atoms with Gasteiger partial charge in [0.1, 0.15) is 11.2 Å². The van der Waals surface area contributed by atoms with Crippen LogP contribution in [0.4, 0.5) is 10.5 Å². The summed E-state index contributed by atoms with van der Waals surface area (Å²) in [6, 6.07) is 22.7. The molecule has 1 amide bonds. The molecule has 0 unspecified atom stereocenters. The summed E-state index contributed by atoms with van der Waals surface area (Å²) < 4.78 is 40.6. The second-order valence-corrected chi connectivity index (χ2v) is 13.7. The number of furan rings is 1. The number of fused-ring (bicyclic) bond motifs is 1. The molecule has 0 saturated carbocycles. The van der Waals surface area contributed by atoms with Gasteiger partial charge in [0.25, 0.3) is 10.0 Å². The number of sulfonamides is 1. The lowest BCUT2D eigenvalue weighted by molar-refractivity contribution is 0.0139. The number of aryl methyl sites for hydroxylation is 1. The number of hydrogen-bond acceptors (Lipinski definition) is 6. The van der Waals surface area contributed by atoms with E-state index >= 15 is 0 Å². The lowest BCUT2D eigenvalue weighted by atomic mass is 10.1. The Morgan fingerprint density at radius 1 is 0.929 bits per heavy atom. The minimum atomic E-state index is -3.85. The Bertz CT molecular complexity index is 1620. The number of benzene rings is 3. The molecule has 0 radical (unpaired) electrons. The Balaban J connectivity index is 1.32. The van der Waals surface area contributed by atoms with E-state index in [-0.39, 0.29) is 11.0 Å². The van der Waals surface area contributed by atoms with Crippen molar-refractivity contribution in [1.29, 1.82) is 0 Å². The highest BCUT2D eigenvalue weighted by molar-refractivity contribution is 7.92. The first-order valence-corrected chi connectivity index (χ1v) is 15.8. The molecule has 1 fully saturated rings. The molecule has 1 aromatic heterocycles. The fourth-order valence-corrected chi connectivity index (χ4v) is 6.62. The largest absolute Gasteiger partial charge is 0.464 e. The van der Waals surface area contributed by atoms with Crippen molar-refractivity contribution in [2.24, 2.45) is 0 Å². The molecule has 222 valence electrons. The van der Waals surface area contributed by atoms with Crippen molar-refractivity contribution in [3.63, 3.8) is 0 Å². The molecular formula is C33H39N3O5S. The van der Waals surface area contributed by atoms with Crippen LogP contribution in [0.25, 0.3) is 11.0 Å². The second-order valence-electron chi connectivity index (χ2n) is 11.8. The number of carbonyl (C=O) groups is 1. The predicted molar refractivity (Wildman–Crippen MR) is 165 cm³/mol. The summed E-state index contributed by atoms with van der Waals surface area (Å²) in [5.41, 5.74) is 3.83. The van der Waals surface area contributed by atoms with E-state index in [4.69, 9.17) is 9.15 Å². The molecule has 4 aromatic rings. The second kappa shape index (κ2) is 12.2. The molecule has 5 rings (SSSR count). The zero-order valence-corrected chi connectivity index (χ0v) is 25.6. The van der Waals surface area contributed by atoms with Crippen LogP contribution in [0.1, 0.15) is 37.5 Å². The van der Waals surface area contributed by atoms with E-state index in [1.807, 2.05) is 82.3 Å². The fourth-order valence-electron chi connectivity index (χ4n) is 5.13. The first kappa shape index (κ1) is 29.7. The summed E-state index contributed by atoms with van der Waals surface area (Å²) in [6.45, 7) is 11.3. The Hall–Kier alpha value is -3.82. The van der Waals surface area contributed by atoms with Gasteiger partial charge in [-0.05, 0) is 81.1 Å². The third kappa shape index (κ3) is 6.97. The quantitative estimate of drug-likeness (QED) is 0.242. The van der Waals surface area contributed by atoms with Gasteiger partial charge in [-0.2, -0.15) is 0 Å². The highest BCUT2D eigenvalue weighted by Crippen LogP contribution is 2.29. The summed E-state index contributed by atoms with van der Waals surface area (Å²) in [6.07, 6.45) is 1.95. The van der Waals surface area contributed by atoms with Crippen molar-refractivity contribution in [1.82, 2.24) is 9.80 Å². The Kier molecular flexibility index (Phi) is 8.61. The van der Waals surface area contributed by atoms with E-state index in [2.05, 4.69) is 4.90 Å². The molecular weight excluding hydrogens is 550 g/mol. The highest BCUT2D eigenvalue weighted by atomic mass is 32.2. The first-order valence-electron chi connectivity index (χ1n) is 14.3. The van der Waals surface area contributed by atoms with Crippen LogP contribution in [-0.4, -0.2) is 62.6 Å². The van der Waals surface area contributed by atoms with Crippen molar-refractivity contribution >= 4 is 32.8 Å². The number of anilines is 1. The maximum atomic E-state index is 14.0. The van der Waals surface area contributed by atoms with Gasteiger partial charge in [0.2, 0.25) is 0 Å². The van der Waals surface area contributed by atoms with Crippen molar-refractivity contribution in [3.8, 4) is 0 Å². The maximum absolute atomic E-state index is 14.0. The molecule has 8 nitrogen and oxygen atoms in total. The van der Waals surface area contributed by atoms with Crippen molar-refractivity contribution < 1.29 is 22.4 Å². The van der Waals surface area contributed by atoms with Crippen LogP contribution < -0.4 is 4.31 Å². The molecule has 2 heterocycles. The van der Waals surface area contributed by atoms with Crippen molar-refractivity contribution in [2.75, 3.05) is 37.0 Å². The number of amides is 1. The van der Waals surface area contributed by atoms with Crippen LogP contribution in [0.5, 0.6) is 0 Å². The molecule has 1 aliphatic rings. The number of rotatable bonds is 8. The van der Waals surface area contributed by atoms with Gasteiger partial charge in [-0.1, -0.05) is 42.5 Å². The van der Waals surface area contributed by atoms with E-state index < -0.39 is 15.6 Å². The maximum Gasteiger partial charge on any atom is 0.410 e. The predicted octanol–water partition coefficient (Wildman–Crippen LogP) is 6.23. The van der Waals surface area contributed by atoms with Crippen LogP contribution in [0.15, 0.2) is 88.4 Å². The van der Waals surface area contributed by atoms with Crippen LogP contribution in [0.3, 0.4) is 0 Å². The zero-order chi connectivity index (χ0) is 29.9. The molecule has 42 heavy (non-hydrogen) atoms. The molecule has 0 bridgehead atoms. The number of piperazine rings is 1. The minimum absolute atomic E-state index is 0.236. The van der Waals surface area contributed by atoms with E-state index in [9.17, 15) is 13.2 Å². The Morgan fingerprint density at radius 3 is 2.29 bits per heavy atom. The number of ether oxygens (including phenoxy) is 1. The van der Waals surface area contributed by atoms with Gasteiger partial charge in [-0.3, -0.25) is 9.21 Å². The molecule has 3 aromatic carbocycles. The smallest absolute Gasteiger partial charge is 0.410 e. The molecule has 0 spiro atoms. The Labute approximate surface area is 248 Å². The third-order valence-corrected chi connectivity index (χ3v) is 9.25. The van der Waals surface area contributed by atoms with Gasteiger partial charge in [0.15, 0.2) is 0 Å². The summed E-state index contributed by atoms with van der Waals surface area (Å²) in [7, 11) is -3.85. The van der Waals surface area contributed by atoms with Gasteiger partial charge >= 0.3 is 6.09 Å². The molecule has 0 N–H and O–H groups in total. The average molecular weight is 590 g/mol. The summed E-state index contributed by atoms with van der Waals surface area (Å²) in [5.74, 6) is 0. The van der Waals surface area contributed by atoms with E-state index in [0.717, 1.165) is 41.7 Å². The number of carbonyl (C=O) groups excluding carboxylic acids is 1. The summed E-state index contributed by atoms with van der Waals surface area (Å²) in [5, 5.41) is 0.793. The molecule has 0 aliphatic carbocycles. The third-order valence-electron chi connectivity index (χ3n) is 7.43. The van der Waals surface area contributed by atoms with Crippen LogP contribution in [-0.2, 0) is 27.7 Å². The lowest BCUT2D eigenvalue weighted by Crippen LogP contribution is -2.49. The number of hydrogen-bond donors (Lipinski definition) is 0. The van der Waals surface area contributed by atoms with Crippen molar-refractivity contribution in [2.45, 2.75) is 51.2 Å². The van der Waals surface area contributed by atoms with Gasteiger partial charge in [-0.25, -0.2) is 13.2 Å². The minimum Gasteiger partial charge on any atom is -0.464 e. The van der Waals surface area contributed by atoms with Crippen LogP contribution in [0.2, 0.25) is 0 Å². The first-order chi connectivity index (χ1) is 20.0. The van der Waals surface area contributed by atoms with E-state index in [1.54, 1.807) is 29.4 Å². The van der Waals surface area contributed by atoms with Gasteiger partial charge in [0.05, 0.1) is 16.8 Å². The van der Waals surface area contributed by atoms with Gasteiger partial charge in [-0.15, -0.1) is 0 Å². The van der Waals surface area contributed by atoms with E-state index in [1.165, 1.54) is 4.31 Å². The lowest BCUT2D eigenvalue weighted by Gasteiger charge is -2.35. The van der Waals surface area contributed by atoms with Gasteiger partial charge in [0, 0.05) is 44.7 Å². The topological polar surface area (TPSA) is 83.3 Å². The van der Waals surface area contributed by atoms with Crippen molar-refractivity contribution in [3.05, 3.63) is 95.7 Å². The molecule has 9 heteroatoms. The standard InChI is InChI=1S/C33H39N3O5S/c1-25-24-40-31-15-14-29(22-30(25)31)42(38,39)36(17-16-26-8-6-5-7-9-26)28-12-10-27(11-13-28)23-34-18-20-35(21-19-34)32(37)41-33(2,3)4/h5-15,22,24H,16-21,23H2,1-4H3. The van der Waals surface area contributed by atoms with Crippen LogP contribution >= 0.6 is 0 Å². The fraction of sp³-hybridized carbons (Fsp3) is 0.364. The average Bonchev–Trinajstić information content (AvgIpc) is 3.34. The molecule has 1 aliphatic heterocycles. The van der Waals surface area contributed by atoms with Gasteiger partial charge < -0.3 is 14.1 Å². The van der Waals surface area contributed by atoms with Crippen LogP contribution in [0, 0.1) is 6.92 Å². The highest BCUT2D eigenvalue weighted by Gasteiger charge is 2.27. The van der Waals surface area contributed by atoms with E-state index in [0.29, 0.717) is 37.3 Å². The normalized spacial score (nSPS) is 14.7. The molecule has 0 atom stereocenters. The monoisotopic (exact) mass is 589 g/mol. The SMILES string of the molecule is Cc1coc2ccc(S(=O)(=O)N(CCc3ccccc3)c3ccc(CN4CCN(C(=O)OC(C)(C)C)CC4)cc3)cc12. The Morgan fingerprint density at radius 2 is 1.62 bits per heavy atom.